The van der Waals surface area contributed by atoms with Crippen LogP contribution in [0.5, 0.6) is 11.5 Å². The number of para-hydroxylation sites is 3. The minimum absolute atomic E-state index is 0.0350. The van der Waals surface area contributed by atoms with Crippen molar-refractivity contribution in [3.05, 3.63) is 94.4 Å². The second kappa shape index (κ2) is 8.57. The van der Waals surface area contributed by atoms with E-state index in [1.54, 1.807) is 22.7 Å². The van der Waals surface area contributed by atoms with Gasteiger partial charge in [-0.15, -0.1) is 22.7 Å². The number of carbonyl (C=O) groups excluding carboxylic acids is 1. The summed E-state index contributed by atoms with van der Waals surface area (Å²) in [7, 11) is 0. The standard InChI is InChI=1S/C30H24N2O2S2/c1-17-14-15-20-25(16-17)36-30(27(20)29-31-21-10-4-7-13-24(21)35-29)32-28(33)26-18-8-2-5-11-22(18)34-23-12-6-3-9-19(23)26/h2-13,17,26H,14-16H2,1H3,(H,32,33). The molecule has 4 nitrogen and oxygen atoms in total. The van der Waals surface area contributed by atoms with E-state index in [2.05, 4.69) is 30.4 Å². The lowest BCUT2D eigenvalue weighted by atomic mass is 9.87. The number of rotatable bonds is 3. The van der Waals surface area contributed by atoms with Crippen molar-refractivity contribution in [3.8, 4) is 22.1 Å². The number of fused-ring (bicyclic) bond motifs is 4. The fourth-order valence-electron chi connectivity index (χ4n) is 5.42. The summed E-state index contributed by atoms with van der Waals surface area (Å²) in [4.78, 5) is 20.4. The average Bonchev–Trinajstić information content (AvgIpc) is 3.47. The lowest BCUT2D eigenvalue weighted by Crippen LogP contribution is -2.24. The molecule has 0 bridgehead atoms. The number of aromatic nitrogens is 1. The second-order valence-corrected chi connectivity index (χ2v) is 11.8. The smallest absolute Gasteiger partial charge is 0.237 e. The van der Waals surface area contributed by atoms with Gasteiger partial charge in [-0.3, -0.25) is 4.79 Å². The molecule has 7 rings (SSSR count). The van der Waals surface area contributed by atoms with Crippen LogP contribution in [0.1, 0.15) is 40.8 Å². The maximum atomic E-state index is 14.0. The third-order valence-electron chi connectivity index (χ3n) is 7.20. The van der Waals surface area contributed by atoms with Crippen molar-refractivity contribution < 1.29 is 9.53 Å². The van der Waals surface area contributed by atoms with E-state index >= 15 is 0 Å². The Bertz CT molecular complexity index is 1550. The topological polar surface area (TPSA) is 51.2 Å². The highest BCUT2D eigenvalue weighted by molar-refractivity contribution is 7.23. The molecule has 1 atom stereocenters. The number of thiophene rings is 1. The predicted molar refractivity (Wildman–Crippen MR) is 148 cm³/mol. The summed E-state index contributed by atoms with van der Waals surface area (Å²) in [5, 5.41) is 5.28. The number of ether oxygens (including phenoxy) is 1. The largest absolute Gasteiger partial charge is 0.457 e. The van der Waals surface area contributed by atoms with E-state index in [-0.39, 0.29) is 5.91 Å². The van der Waals surface area contributed by atoms with Crippen LogP contribution in [0.15, 0.2) is 72.8 Å². The molecule has 1 amide bonds. The number of nitrogens with zero attached hydrogens (tertiary/aromatic N) is 1. The van der Waals surface area contributed by atoms with E-state index in [0.717, 1.165) is 63.0 Å². The minimum atomic E-state index is -0.438. The molecule has 0 spiro atoms. The molecule has 0 saturated carbocycles. The zero-order valence-corrected chi connectivity index (χ0v) is 21.4. The van der Waals surface area contributed by atoms with Crippen molar-refractivity contribution in [2.75, 3.05) is 5.32 Å². The molecule has 5 aromatic rings. The van der Waals surface area contributed by atoms with E-state index < -0.39 is 5.92 Å². The van der Waals surface area contributed by atoms with E-state index in [4.69, 9.17) is 9.72 Å². The predicted octanol–water partition coefficient (Wildman–Crippen LogP) is 8.03. The molecule has 6 heteroatoms. The van der Waals surface area contributed by atoms with Crippen LogP contribution in [0, 0.1) is 5.92 Å². The van der Waals surface area contributed by atoms with Crippen LogP contribution in [-0.4, -0.2) is 10.9 Å². The van der Waals surface area contributed by atoms with Crippen molar-refractivity contribution >= 4 is 43.8 Å². The summed E-state index contributed by atoms with van der Waals surface area (Å²) in [6.07, 6.45) is 3.24. The number of hydrogen-bond acceptors (Lipinski definition) is 5. The van der Waals surface area contributed by atoms with Gasteiger partial charge in [0.25, 0.3) is 0 Å². The number of carbonyl (C=O) groups is 1. The Morgan fingerprint density at radius 3 is 2.39 bits per heavy atom. The Morgan fingerprint density at radius 1 is 0.944 bits per heavy atom. The van der Waals surface area contributed by atoms with Gasteiger partial charge in [-0.05, 0) is 55.0 Å². The van der Waals surface area contributed by atoms with Crippen LogP contribution in [-0.2, 0) is 17.6 Å². The van der Waals surface area contributed by atoms with Crippen LogP contribution in [0.4, 0.5) is 5.00 Å². The van der Waals surface area contributed by atoms with E-state index in [0.29, 0.717) is 5.92 Å². The number of benzene rings is 3. The van der Waals surface area contributed by atoms with Gasteiger partial charge in [-0.1, -0.05) is 55.5 Å². The molecule has 3 aromatic carbocycles. The third kappa shape index (κ3) is 3.55. The third-order valence-corrected chi connectivity index (χ3v) is 9.42. The van der Waals surface area contributed by atoms with Crippen molar-refractivity contribution in [2.45, 2.75) is 32.1 Å². The second-order valence-electron chi connectivity index (χ2n) is 9.64. The summed E-state index contributed by atoms with van der Waals surface area (Å²) in [6.45, 7) is 2.31. The van der Waals surface area contributed by atoms with Gasteiger partial charge in [-0.2, -0.15) is 0 Å². The van der Waals surface area contributed by atoms with Gasteiger partial charge >= 0.3 is 0 Å². The molecule has 178 valence electrons. The number of amides is 1. The first-order valence-electron chi connectivity index (χ1n) is 12.3. The van der Waals surface area contributed by atoms with Crippen molar-refractivity contribution in [2.24, 2.45) is 5.92 Å². The molecular weight excluding hydrogens is 484 g/mol. The van der Waals surface area contributed by atoms with Gasteiger partial charge in [0.1, 0.15) is 21.5 Å². The van der Waals surface area contributed by atoms with Crippen molar-refractivity contribution in [1.29, 1.82) is 0 Å². The summed E-state index contributed by atoms with van der Waals surface area (Å²) in [5.41, 5.74) is 5.27. The lowest BCUT2D eigenvalue weighted by Gasteiger charge is -2.27. The number of anilines is 1. The summed E-state index contributed by atoms with van der Waals surface area (Å²) in [5.74, 6) is 1.65. The molecule has 2 aromatic heterocycles. The number of hydrogen-bond donors (Lipinski definition) is 1. The maximum absolute atomic E-state index is 14.0. The first-order valence-corrected chi connectivity index (χ1v) is 14.0. The van der Waals surface area contributed by atoms with E-state index in [1.165, 1.54) is 15.1 Å². The number of nitrogens with one attached hydrogen (secondary N) is 1. The summed E-state index contributed by atoms with van der Waals surface area (Å²) < 4.78 is 7.29. The van der Waals surface area contributed by atoms with Crippen LogP contribution >= 0.6 is 22.7 Å². The quantitative estimate of drug-likeness (QED) is 0.268. The normalized spacial score (nSPS) is 16.6. The summed E-state index contributed by atoms with van der Waals surface area (Å²) >= 11 is 3.44. The van der Waals surface area contributed by atoms with Gasteiger partial charge in [0, 0.05) is 21.6 Å². The average molecular weight is 509 g/mol. The Kier molecular flexibility index (Phi) is 5.19. The molecule has 1 aliphatic heterocycles. The summed E-state index contributed by atoms with van der Waals surface area (Å²) in [6, 6.07) is 23.9. The lowest BCUT2D eigenvalue weighted by molar-refractivity contribution is -0.116. The zero-order valence-electron chi connectivity index (χ0n) is 19.8. The molecule has 3 heterocycles. The van der Waals surface area contributed by atoms with Crippen LogP contribution in [0.25, 0.3) is 20.8 Å². The van der Waals surface area contributed by atoms with Gasteiger partial charge in [0.2, 0.25) is 5.91 Å². The first-order chi connectivity index (χ1) is 17.7. The molecule has 0 saturated heterocycles. The Balaban J connectivity index is 1.34. The van der Waals surface area contributed by atoms with Gasteiger partial charge < -0.3 is 10.1 Å². The fraction of sp³-hybridized carbons (Fsp3) is 0.200. The Hall–Kier alpha value is -3.48. The van der Waals surface area contributed by atoms with Gasteiger partial charge in [0.05, 0.1) is 16.1 Å². The molecule has 0 fully saturated rings. The molecule has 1 aliphatic carbocycles. The number of thiazole rings is 1. The maximum Gasteiger partial charge on any atom is 0.237 e. The van der Waals surface area contributed by atoms with Crippen LogP contribution in [0.2, 0.25) is 0 Å². The highest BCUT2D eigenvalue weighted by Gasteiger charge is 2.34. The van der Waals surface area contributed by atoms with Crippen LogP contribution < -0.4 is 10.1 Å². The highest BCUT2D eigenvalue weighted by atomic mass is 32.1. The molecular formula is C30H24N2O2S2. The molecule has 1 N–H and O–H groups in total. The SMILES string of the molecule is CC1CCc2c(sc(NC(=O)C3c4ccccc4Oc4ccccc43)c2-c2nc3ccccc3s2)C1. The zero-order chi connectivity index (χ0) is 24.2. The minimum Gasteiger partial charge on any atom is -0.457 e. The van der Waals surface area contributed by atoms with Crippen LogP contribution in [0.3, 0.4) is 0 Å². The monoisotopic (exact) mass is 508 g/mol. The Morgan fingerprint density at radius 2 is 1.64 bits per heavy atom. The van der Waals surface area contributed by atoms with Crippen molar-refractivity contribution in [1.82, 2.24) is 4.98 Å². The van der Waals surface area contributed by atoms with Crippen molar-refractivity contribution in [3.63, 3.8) is 0 Å². The fourth-order valence-corrected chi connectivity index (χ4v) is 7.94. The molecule has 0 radical (unpaired) electrons. The Labute approximate surface area is 217 Å². The molecule has 2 aliphatic rings. The van der Waals surface area contributed by atoms with Gasteiger partial charge in [0.15, 0.2) is 0 Å². The van der Waals surface area contributed by atoms with E-state index in [1.807, 2.05) is 54.6 Å². The van der Waals surface area contributed by atoms with E-state index in [9.17, 15) is 4.79 Å². The van der Waals surface area contributed by atoms with Gasteiger partial charge in [-0.25, -0.2) is 4.98 Å². The highest BCUT2D eigenvalue weighted by Crippen LogP contribution is 2.49. The molecule has 36 heavy (non-hydrogen) atoms. The molecule has 1 unspecified atom stereocenters. The first kappa shape index (κ1) is 21.8.